The number of rotatable bonds is 8. The van der Waals surface area contributed by atoms with Crippen LogP contribution in [0.15, 0.2) is 30.6 Å². The molecule has 0 spiro atoms. The molecular weight excluding hydrogens is 270 g/mol. The Morgan fingerprint density at radius 2 is 2.10 bits per heavy atom. The number of aromatic nitrogens is 2. The molecule has 0 aliphatic carbocycles. The molecule has 0 aliphatic heterocycles. The quantitative estimate of drug-likeness (QED) is 0.747. The van der Waals surface area contributed by atoms with Gasteiger partial charge in [0.05, 0.1) is 26.5 Å². The average molecular weight is 291 g/mol. The van der Waals surface area contributed by atoms with E-state index in [1.807, 2.05) is 29.1 Å². The monoisotopic (exact) mass is 291 g/mol. The van der Waals surface area contributed by atoms with E-state index in [-0.39, 0.29) is 0 Å². The van der Waals surface area contributed by atoms with E-state index in [4.69, 9.17) is 19.9 Å². The van der Waals surface area contributed by atoms with Crippen LogP contribution in [0.5, 0.6) is 11.5 Å². The first kappa shape index (κ1) is 15.3. The Morgan fingerprint density at radius 1 is 1.24 bits per heavy atom. The van der Waals surface area contributed by atoms with E-state index in [9.17, 15) is 0 Å². The molecule has 2 N–H and O–H groups in total. The fourth-order valence-corrected chi connectivity index (χ4v) is 2.00. The molecular formula is C15H21N3O3. The number of hydrogen-bond acceptors (Lipinski definition) is 5. The van der Waals surface area contributed by atoms with Crippen LogP contribution < -0.4 is 15.2 Å². The lowest BCUT2D eigenvalue weighted by molar-refractivity contribution is 0.146. The summed E-state index contributed by atoms with van der Waals surface area (Å²) in [6.45, 7) is 2.30. The van der Waals surface area contributed by atoms with Gasteiger partial charge in [-0.2, -0.15) is 5.10 Å². The van der Waals surface area contributed by atoms with Gasteiger partial charge in [0.15, 0.2) is 0 Å². The standard InChI is InChI=1S/C15H21N3O3/c1-19-7-8-21-13-3-4-15(20-2)14(9-13)12-10-17-18(11-12)6-5-16/h3-4,9-11H,5-8,16H2,1-2H3. The zero-order valence-corrected chi connectivity index (χ0v) is 12.4. The summed E-state index contributed by atoms with van der Waals surface area (Å²) in [5.74, 6) is 1.55. The van der Waals surface area contributed by atoms with Crippen molar-refractivity contribution in [3.63, 3.8) is 0 Å². The molecule has 0 radical (unpaired) electrons. The summed E-state index contributed by atoms with van der Waals surface area (Å²) in [4.78, 5) is 0. The van der Waals surface area contributed by atoms with Gasteiger partial charge in [-0.05, 0) is 18.2 Å². The molecule has 1 heterocycles. The molecule has 0 aliphatic rings. The number of methoxy groups -OCH3 is 2. The molecule has 2 aromatic rings. The highest BCUT2D eigenvalue weighted by molar-refractivity contribution is 5.71. The minimum atomic E-state index is 0.509. The van der Waals surface area contributed by atoms with Gasteiger partial charge in [0.2, 0.25) is 0 Å². The van der Waals surface area contributed by atoms with Crippen molar-refractivity contribution in [1.29, 1.82) is 0 Å². The molecule has 0 atom stereocenters. The molecule has 1 aromatic heterocycles. The number of ether oxygens (including phenoxy) is 3. The number of nitrogens with zero attached hydrogens (tertiary/aromatic N) is 2. The van der Waals surface area contributed by atoms with Crippen molar-refractivity contribution >= 4 is 0 Å². The summed E-state index contributed by atoms with van der Waals surface area (Å²) in [5, 5.41) is 4.28. The van der Waals surface area contributed by atoms with E-state index in [1.165, 1.54) is 0 Å². The second-order valence-electron chi connectivity index (χ2n) is 4.48. The highest BCUT2D eigenvalue weighted by Gasteiger charge is 2.10. The Balaban J connectivity index is 2.23. The van der Waals surface area contributed by atoms with Crippen LogP contribution in [0.3, 0.4) is 0 Å². The average Bonchev–Trinajstić information content (AvgIpc) is 2.96. The highest BCUT2D eigenvalue weighted by Crippen LogP contribution is 2.33. The second kappa shape index (κ2) is 7.66. The first-order valence-electron chi connectivity index (χ1n) is 6.81. The Hall–Kier alpha value is -2.05. The maximum absolute atomic E-state index is 5.63. The zero-order chi connectivity index (χ0) is 15.1. The minimum absolute atomic E-state index is 0.509. The number of benzene rings is 1. The molecule has 114 valence electrons. The summed E-state index contributed by atoms with van der Waals surface area (Å²) in [6.07, 6.45) is 3.75. The molecule has 0 saturated carbocycles. The Bertz CT molecular complexity index is 569. The van der Waals surface area contributed by atoms with Crippen molar-refractivity contribution in [3.05, 3.63) is 30.6 Å². The van der Waals surface area contributed by atoms with Crippen molar-refractivity contribution in [1.82, 2.24) is 9.78 Å². The first-order valence-corrected chi connectivity index (χ1v) is 6.81. The molecule has 0 bridgehead atoms. The van der Waals surface area contributed by atoms with Crippen molar-refractivity contribution < 1.29 is 14.2 Å². The van der Waals surface area contributed by atoms with Crippen LogP contribution in [-0.4, -0.2) is 43.8 Å². The molecule has 6 nitrogen and oxygen atoms in total. The van der Waals surface area contributed by atoms with Gasteiger partial charge in [0.25, 0.3) is 0 Å². The van der Waals surface area contributed by atoms with E-state index in [0.717, 1.165) is 22.6 Å². The lowest BCUT2D eigenvalue weighted by Crippen LogP contribution is -2.09. The van der Waals surface area contributed by atoms with Crippen LogP contribution in [-0.2, 0) is 11.3 Å². The van der Waals surface area contributed by atoms with Crippen molar-refractivity contribution in [2.45, 2.75) is 6.54 Å². The molecule has 0 amide bonds. The number of nitrogens with two attached hydrogens (primary N) is 1. The van der Waals surface area contributed by atoms with Crippen LogP contribution in [0, 0.1) is 0 Å². The van der Waals surface area contributed by atoms with E-state index < -0.39 is 0 Å². The van der Waals surface area contributed by atoms with Crippen LogP contribution in [0.4, 0.5) is 0 Å². The van der Waals surface area contributed by atoms with E-state index in [1.54, 1.807) is 20.4 Å². The molecule has 0 saturated heterocycles. The summed E-state index contributed by atoms with van der Waals surface area (Å²) in [7, 11) is 3.29. The van der Waals surface area contributed by atoms with Gasteiger partial charge >= 0.3 is 0 Å². The Labute approximate surface area is 124 Å². The largest absolute Gasteiger partial charge is 0.496 e. The van der Waals surface area contributed by atoms with Crippen molar-refractivity contribution in [3.8, 4) is 22.6 Å². The Morgan fingerprint density at radius 3 is 2.81 bits per heavy atom. The van der Waals surface area contributed by atoms with E-state index >= 15 is 0 Å². The van der Waals surface area contributed by atoms with Crippen LogP contribution in [0.1, 0.15) is 0 Å². The van der Waals surface area contributed by atoms with E-state index in [0.29, 0.717) is 26.3 Å². The number of hydrogen-bond donors (Lipinski definition) is 1. The lowest BCUT2D eigenvalue weighted by atomic mass is 10.1. The molecule has 1 aromatic carbocycles. The van der Waals surface area contributed by atoms with Gasteiger partial charge in [-0.1, -0.05) is 0 Å². The first-order chi connectivity index (χ1) is 10.3. The SMILES string of the molecule is COCCOc1ccc(OC)c(-c2cnn(CCN)c2)c1. The van der Waals surface area contributed by atoms with Crippen molar-refractivity contribution in [2.75, 3.05) is 34.0 Å². The molecule has 0 unspecified atom stereocenters. The fraction of sp³-hybridized carbons (Fsp3) is 0.400. The third-order valence-corrected chi connectivity index (χ3v) is 3.03. The van der Waals surface area contributed by atoms with Crippen LogP contribution in [0.2, 0.25) is 0 Å². The van der Waals surface area contributed by atoms with Gasteiger partial charge in [-0.25, -0.2) is 0 Å². The second-order valence-corrected chi connectivity index (χ2v) is 4.48. The molecule has 21 heavy (non-hydrogen) atoms. The van der Waals surface area contributed by atoms with Crippen LogP contribution in [0.25, 0.3) is 11.1 Å². The van der Waals surface area contributed by atoms with E-state index in [2.05, 4.69) is 5.10 Å². The third-order valence-electron chi connectivity index (χ3n) is 3.03. The predicted molar refractivity (Wildman–Crippen MR) is 80.6 cm³/mol. The maximum Gasteiger partial charge on any atom is 0.127 e. The normalized spacial score (nSPS) is 10.6. The summed E-state index contributed by atoms with van der Waals surface area (Å²) < 4.78 is 17.8. The molecule has 6 heteroatoms. The summed E-state index contributed by atoms with van der Waals surface area (Å²) >= 11 is 0. The van der Waals surface area contributed by atoms with Crippen LogP contribution >= 0.6 is 0 Å². The van der Waals surface area contributed by atoms with Gasteiger partial charge in [-0.15, -0.1) is 0 Å². The minimum Gasteiger partial charge on any atom is -0.496 e. The Kier molecular flexibility index (Phi) is 5.59. The predicted octanol–water partition coefficient (Wildman–Crippen LogP) is 1.54. The fourth-order valence-electron chi connectivity index (χ4n) is 2.00. The van der Waals surface area contributed by atoms with Gasteiger partial charge in [0, 0.05) is 31.0 Å². The van der Waals surface area contributed by atoms with Gasteiger partial charge in [0.1, 0.15) is 18.1 Å². The maximum atomic E-state index is 5.63. The van der Waals surface area contributed by atoms with Crippen molar-refractivity contribution in [2.24, 2.45) is 5.73 Å². The smallest absolute Gasteiger partial charge is 0.127 e. The zero-order valence-electron chi connectivity index (χ0n) is 12.4. The molecule has 0 fully saturated rings. The topological polar surface area (TPSA) is 71.5 Å². The van der Waals surface area contributed by atoms with Gasteiger partial charge < -0.3 is 19.9 Å². The third kappa shape index (κ3) is 3.96. The summed E-state index contributed by atoms with van der Waals surface area (Å²) in [5.41, 5.74) is 7.45. The lowest BCUT2D eigenvalue weighted by Gasteiger charge is -2.10. The summed E-state index contributed by atoms with van der Waals surface area (Å²) in [6, 6.07) is 5.71. The highest BCUT2D eigenvalue weighted by atomic mass is 16.5. The molecule has 2 rings (SSSR count). The van der Waals surface area contributed by atoms with Gasteiger partial charge in [-0.3, -0.25) is 4.68 Å².